The van der Waals surface area contributed by atoms with E-state index in [4.69, 9.17) is 5.14 Å². The third-order valence-corrected chi connectivity index (χ3v) is 5.49. The Bertz CT molecular complexity index is 924. The van der Waals surface area contributed by atoms with Crippen molar-refractivity contribution in [2.75, 3.05) is 31.5 Å². The second kappa shape index (κ2) is 9.44. The zero-order chi connectivity index (χ0) is 19.4. The molecule has 1 aliphatic heterocycles. The van der Waals surface area contributed by atoms with Crippen LogP contribution in [0, 0.1) is 6.92 Å². The number of aryl methyl sites for hydroxylation is 1. The summed E-state index contributed by atoms with van der Waals surface area (Å²) in [4.78, 5) is 18.8. The number of carbonyl (C=O) groups excluding carboxylic acids is 1. The maximum absolute atomic E-state index is 12.6. The number of aromatic nitrogens is 1. The van der Waals surface area contributed by atoms with Crippen molar-refractivity contribution in [3.63, 3.8) is 0 Å². The Labute approximate surface area is 171 Å². The highest BCUT2D eigenvalue weighted by Gasteiger charge is 2.25. The molecule has 152 valence electrons. The van der Waals surface area contributed by atoms with Gasteiger partial charge in [0.05, 0.1) is 11.4 Å². The molecule has 28 heavy (non-hydrogen) atoms. The van der Waals surface area contributed by atoms with Gasteiger partial charge in [0, 0.05) is 43.8 Å². The van der Waals surface area contributed by atoms with E-state index >= 15 is 0 Å². The van der Waals surface area contributed by atoms with Crippen LogP contribution in [0.25, 0.3) is 0 Å². The lowest BCUT2D eigenvalue weighted by molar-refractivity contribution is -0.118. The predicted octanol–water partition coefficient (Wildman–Crippen LogP) is 1.04. The number of nitrogens with zero attached hydrogens (tertiary/aromatic N) is 2. The molecule has 1 fully saturated rings. The number of hydrogen-bond donors (Lipinski definition) is 3. The van der Waals surface area contributed by atoms with Crippen LogP contribution in [0.1, 0.15) is 17.2 Å². The van der Waals surface area contributed by atoms with Crippen LogP contribution in [-0.2, 0) is 14.8 Å². The lowest BCUT2D eigenvalue weighted by Crippen LogP contribution is -2.48. The predicted molar refractivity (Wildman–Crippen MR) is 110 cm³/mol. The van der Waals surface area contributed by atoms with E-state index < -0.39 is 10.0 Å². The third kappa shape index (κ3) is 5.49. The van der Waals surface area contributed by atoms with Gasteiger partial charge in [0.25, 0.3) is 0 Å². The molecule has 0 aliphatic carbocycles. The van der Waals surface area contributed by atoms with E-state index in [1.54, 1.807) is 19.2 Å². The molecule has 4 N–H and O–H groups in total. The topological polar surface area (TPSA) is 117 Å². The van der Waals surface area contributed by atoms with Gasteiger partial charge in [-0.05, 0) is 36.2 Å². The molecule has 1 aliphatic rings. The first-order valence-electron chi connectivity index (χ1n) is 8.62. The van der Waals surface area contributed by atoms with Gasteiger partial charge in [-0.15, -0.1) is 12.4 Å². The van der Waals surface area contributed by atoms with Crippen LogP contribution < -0.4 is 15.8 Å². The Morgan fingerprint density at radius 3 is 2.86 bits per heavy atom. The minimum atomic E-state index is -3.83. The van der Waals surface area contributed by atoms with Gasteiger partial charge in [0.15, 0.2) is 0 Å². The number of primary sulfonamides is 1. The van der Waals surface area contributed by atoms with Crippen molar-refractivity contribution in [3.8, 4) is 0 Å². The fourth-order valence-electron chi connectivity index (χ4n) is 3.12. The molecule has 1 aromatic heterocycles. The van der Waals surface area contributed by atoms with Crippen LogP contribution in [0.3, 0.4) is 0 Å². The quantitative estimate of drug-likeness (QED) is 0.659. The number of amides is 1. The van der Waals surface area contributed by atoms with E-state index in [9.17, 15) is 13.2 Å². The first-order valence-corrected chi connectivity index (χ1v) is 10.2. The van der Waals surface area contributed by atoms with Crippen LogP contribution >= 0.6 is 12.4 Å². The van der Waals surface area contributed by atoms with Crippen LogP contribution in [0.15, 0.2) is 47.6 Å². The van der Waals surface area contributed by atoms with Gasteiger partial charge in [0.1, 0.15) is 0 Å². The highest BCUT2D eigenvalue weighted by molar-refractivity contribution is 7.89. The SMILES string of the molecule is Cc1ccc(S(N)(=O)=O)cc1NC(=O)CN1CCNCC1c1cccnc1.Cl. The molecule has 2 heterocycles. The summed E-state index contributed by atoms with van der Waals surface area (Å²) in [5.41, 5.74) is 2.25. The fourth-order valence-corrected chi connectivity index (χ4v) is 3.66. The number of pyridine rings is 1. The average molecular weight is 426 g/mol. The molecule has 1 unspecified atom stereocenters. The van der Waals surface area contributed by atoms with Crippen LogP contribution in [0.2, 0.25) is 0 Å². The zero-order valence-electron chi connectivity index (χ0n) is 15.5. The van der Waals surface area contributed by atoms with Crippen molar-refractivity contribution < 1.29 is 13.2 Å². The molecule has 0 radical (unpaired) electrons. The highest BCUT2D eigenvalue weighted by Crippen LogP contribution is 2.22. The Hall–Kier alpha value is -2.04. The number of nitrogens with one attached hydrogen (secondary N) is 2. The second-order valence-electron chi connectivity index (χ2n) is 6.55. The van der Waals surface area contributed by atoms with Crippen molar-refractivity contribution >= 4 is 34.0 Å². The van der Waals surface area contributed by atoms with Gasteiger partial charge >= 0.3 is 0 Å². The maximum atomic E-state index is 12.6. The number of sulfonamides is 1. The molecular formula is C18H24ClN5O3S. The van der Waals surface area contributed by atoms with Crippen molar-refractivity contribution in [2.24, 2.45) is 5.14 Å². The molecule has 0 saturated carbocycles. The lowest BCUT2D eigenvalue weighted by Gasteiger charge is -2.35. The second-order valence-corrected chi connectivity index (χ2v) is 8.11. The largest absolute Gasteiger partial charge is 0.325 e. The summed E-state index contributed by atoms with van der Waals surface area (Å²) in [6, 6.07) is 8.36. The molecule has 10 heteroatoms. The molecule has 1 atom stereocenters. The van der Waals surface area contributed by atoms with Gasteiger partial charge in [-0.3, -0.25) is 14.7 Å². The Morgan fingerprint density at radius 2 is 2.18 bits per heavy atom. The average Bonchev–Trinajstić information content (AvgIpc) is 2.64. The standard InChI is InChI=1S/C18H23N5O3S.ClH/c1-13-4-5-15(27(19,25)26)9-16(13)22-18(24)12-23-8-7-21-11-17(23)14-3-2-6-20-10-14;/h2-6,9-10,17,21H,7-8,11-12H2,1H3,(H,22,24)(H2,19,25,26);1H. The van der Waals surface area contributed by atoms with E-state index in [2.05, 4.69) is 20.5 Å². The molecule has 0 spiro atoms. The highest BCUT2D eigenvalue weighted by atomic mass is 35.5. The first-order chi connectivity index (χ1) is 12.8. The van der Waals surface area contributed by atoms with E-state index in [1.165, 1.54) is 12.1 Å². The molecule has 8 nitrogen and oxygen atoms in total. The normalized spacial score (nSPS) is 17.6. The number of benzene rings is 1. The molecule has 2 aromatic rings. The number of piperazine rings is 1. The van der Waals surface area contributed by atoms with Crippen molar-refractivity contribution in [1.82, 2.24) is 15.2 Å². The summed E-state index contributed by atoms with van der Waals surface area (Å²) in [6.45, 7) is 4.25. The van der Waals surface area contributed by atoms with Crippen LogP contribution in [0.5, 0.6) is 0 Å². The molecule has 1 aromatic carbocycles. The summed E-state index contributed by atoms with van der Waals surface area (Å²) in [7, 11) is -3.83. The minimum absolute atomic E-state index is 0. The van der Waals surface area contributed by atoms with Crippen molar-refractivity contribution in [2.45, 2.75) is 17.9 Å². The fraction of sp³-hybridized carbons (Fsp3) is 0.333. The van der Waals surface area contributed by atoms with E-state index in [0.717, 1.165) is 30.8 Å². The summed E-state index contributed by atoms with van der Waals surface area (Å²) in [5.74, 6) is -0.208. The Morgan fingerprint density at radius 1 is 1.39 bits per heavy atom. The van der Waals surface area contributed by atoms with Crippen molar-refractivity contribution in [3.05, 3.63) is 53.9 Å². The Kier molecular flexibility index (Phi) is 7.50. The summed E-state index contributed by atoms with van der Waals surface area (Å²) >= 11 is 0. The molecule has 0 bridgehead atoms. The molecule has 1 saturated heterocycles. The molecular weight excluding hydrogens is 402 g/mol. The first kappa shape index (κ1) is 22.3. The number of halogens is 1. The Balaban J connectivity index is 0.00000280. The maximum Gasteiger partial charge on any atom is 0.238 e. The summed E-state index contributed by atoms with van der Waals surface area (Å²) in [6.07, 6.45) is 3.53. The van der Waals surface area contributed by atoms with Crippen molar-refractivity contribution in [1.29, 1.82) is 0 Å². The third-order valence-electron chi connectivity index (χ3n) is 4.58. The smallest absolute Gasteiger partial charge is 0.238 e. The zero-order valence-corrected chi connectivity index (χ0v) is 17.1. The van der Waals surface area contributed by atoms with E-state index in [-0.39, 0.29) is 35.8 Å². The number of hydrogen-bond acceptors (Lipinski definition) is 6. The number of nitrogens with two attached hydrogens (primary N) is 1. The van der Waals surface area contributed by atoms with E-state index in [0.29, 0.717) is 5.69 Å². The van der Waals surface area contributed by atoms with Gasteiger partial charge in [-0.1, -0.05) is 12.1 Å². The lowest BCUT2D eigenvalue weighted by atomic mass is 10.1. The van der Waals surface area contributed by atoms with Gasteiger partial charge < -0.3 is 10.6 Å². The number of carbonyl (C=O) groups is 1. The van der Waals surface area contributed by atoms with Gasteiger partial charge in [-0.25, -0.2) is 13.6 Å². The molecule has 1 amide bonds. The summed E-state index contributed by atoms with van der Waals surface area (Å²) in [5, 5.41) is 11.3. The number of rotatable bonds is 5. The van der Waals surface area contributed by atoms with E-state index in [1.807, 2.05) is 18.3 Å². The number of anilines is 1. The minimum Gasteiger partial charge on any atom is -0.325 e. The van der Waals surface area contributed by atoms with Crippen LogP contribution in [-0.4, -0.2) is 50.4 Å². The summed E-state index contributed by atoms with van der Waals surface area (Å²) < 4.78 is 23.1. The molecule has 3 rings (SSSR count). The van der Waals surface area contributed by atoms with Gasteiger partial charge in [-0.2, -0.15) is 0 Å². The monoisotopic (exact) mass is 425 g/mol. The van der Waals surface area contributed by atoms with Crippen LogP contribution in [0.4, 0.5) is 5.69 Å². The van der Waals surface area contributed by atoms with Gasteiger partial charge in [0.2, 0.25) is 15.9 Å².